The molecule has 0 bridgehead atoms. The molecule has 4 nitrogen and oxygen atoms in total. The summed E-state index contributed by atoms with van der Waals surface area (Å²) < 4.78 is 0. The van der Waals surface area contributed by atoms with E-state index in [2.05, 4.69) is 5.32 Å². The number of amides is 1. The zero-order valence-electron chi connectivity index (χ0n) is 7.38. The van der Waals surface area contributed by atoms with Gasteiger partial charge in [-0.2, -0.15) is 0 Å². The normalized spacial score (nSPS) is 12.2. The van der Waals surface area contributed by atoms with Gasteiger partial charge < -0.3 is 11.1 Å². The van der Waals surface area contributed by atoms with Crippen LogP contribution < -0.4 is 11.1 Å². The maximum Gasteiger partial charge on any atom is 0.284 e. The molecular weight excluding hydrogens is 156 g/mol. The fourth-order valence-electron chi connectivity index (χ4n) is 0.845. The largest absolute Gasteiger partial charge is 0.350 e. The lowest BCUT2D eigenvalue weighted by Crippen LogP contribution is -2.25. The number of rotatable bonds is 6. The first-order valence-corrected chi connectivity index (χ1v) is 4.15. The van der Waals surface area contributed by atoms with Gasteiger partial charge in [0.15, 0.2) is 0 Å². The minimum Gasteiger partial charge on any atom is -0.350 e. The topological polar surface area (TPSA) is 72.2 Å². The fraction of sp³-hybridized carbons (Fsp3) is 0.750. The monoisotopic (exact) mass is 172 g/mol. The molecule has 0 saturated heterocycles. The van der Waals surface area contributed by atoms with Crippen LogP contribution in [0.15, 0.2) is 0 Å². The van der Waals surface area contributed by atoms with Crippen molar-refractivity contribution in [2.45, 2.75) is 32.2 Å². The third-order valence-corrected chi connectivity index (χ3v) is 1.49. The number of carbonyl (C=O) groups is 2. The van der Waals surface area contributed by atoms with E-state index >= 15 is 0 Å². The van der Waals surface area contributed by atoms with Crippen LogP contribution in [0, 0.1) is 0 Å². The summed E-state index contributed by atoms with van der Waals surface area (Å²) in [5.41, 5.74) is 5.52. The number of nitrogens with two attached hydrogens (primary N) is 1. The first-order chi connectivity index (χ1) is 5.66. The van der Waals surface area contributed by atoms with Gasteiger partial charge in [0.2, 0.25) is 6.29 Å². The molecule has 0 aliphatic carbocycles. The van der Waals surface area contributed by atoms with E-state index in [1.807, 2.05) is 6.92 Å². The van der Waals surface area contributed by atoms with Crippen LogP contribution in [0.4, 0.5) is 0 Å². The third-order valence-electron chi connectivity index (χ3n) is 1.49. The molecule has 1 amide bonds. The smallest absolute Gasteiger partial charge is 0.284 e. The summed E-state index contributed by atoms with van der Waals surface area (Å²) >= 11 is 0. The molecule has 0 spiro atoms. The Kier molecular flexibility index (Phi) is 6.28. The number of unbranched alkanes of at least 4 members (excludes halogenated alkanes) is 1. The standard InChI is InChI=1S/C8H16N2O2/c1-7(9)4-2-3-5-10-8(12)6-11/h6-7H,2-5,9H2,1H3,(H,10,12). The highest BCUT2D eigenvalue weighted by Gasteiger charge is 1.96. The van der Waals surface area contributed by atoms with Gasteiger partial charge in [-0.25, -0.2) is 0 Å². The second kappa shape index (κ2) is 6.79. The second-order valence-corrected chi connectivity index (χ2v) is 2.88. The lowest BCUT2D eigenvalue weighted by Gasteiger charge is -2.04. The van der Waals surface area contributed by atoms with Crippen molar-refractivity contribution >= 4 is 12.2 Å². The van der Waals surface area contributed by atoms with E-state index in [0.717, 1.165) is 19.3 Å². The van der Waals surface area contributed by atoms with Crippen molar-refractivity contribution in [1.82, 2.24) is 5.32 Å². The molecule has 0 heterocycles. The van der Waals surface area contributed by atoms with E-state index in [9.17, 15) is 9.59 Å². The molecule has 0 aromatic carbocycles. The highest BCUT2D eigenvalue weighted by Crippen LogP contribution is 1.96. The Morgan fingerprint density at radius 1 is 1.58 bits per heavy atom. The van der Waals surface area contributed by atoms with Crippen molar-refractivity contribution in [3.05, 3.63) is 0 Å². The van der Waals surface area contributed by atoms with Crippen molar-refractivity contribution < 1.29 is 9.59 Å². The third kappa shape index (κ3) is 7.21. The Bertz CT molecular complexity index is 146. The van der Waals surface area contributed by atoms with Crippen LogP contribution in [0.2, 0.25) is 0 Å². The lowest BCUT2D eigenvalue weighted by atomic mass is 10.1. The molecule has 0 radical (unpaired) electrons. The maximum absolute atomic E-state index is 10.4. The van der Waals surface area contributed by atoms with Crippen molar-refractivity contribution in [2.75, 3.05) is 6.54 Å². The zero-order valence-corrected chi connectivity index (χ0v) is 7.38. The molecular formula is C8H16N2O2. The highest BCUT2D eigenvalue weighted by molar-refractivity contribution is 6.23. The first kappa shape index (κ1) is 11.1. The number of hydrogen-bond donors (Lipinski definition) is 2. The highest BCUT2D eigenvalue weighted by atomic mass is 16.2. The van der Waals surface area contributed by atoms with E-state index in [0.29, 0.717) is 6.54 Å². The molecule has 0 aliphatic rings. The average Bonchev–Trinajstić information content (AvgIpc) is 2.03. The summed E-state index contributed by atoms with van der Waals surface area (Å²) in [6.45, 7) is 2.51. The predicted molar refractivity (Wildman–Crippen MR) is 46.6 cm³/mol. The van der Waals surface area contributed by atoms with Crippen molar-refractivity contribution in [3.8, 4) is 0 Å². The molecule has 3 N–H and O–H groups in total. The van der Waals surface area contributed by atoms with E-state index in [4.69, 9.17) is 5.73 Å². The van der Waals surface area contributed by atoms with Crippen LogP contribution in [-0.4, -0.2) is 24.8 Å². The van der Waals surface area contributed by atoms with Crippen LogP contribution in [-0.2, 0) is 9.59 Å². The first-order valence-electron chi connectivity index (χ1n) is 4.15. The molecule has 4 heteroatoms. The lowest BCUT2D eigenvalue weighted by molar-refractivity contribution is -0.131. The van der Waals surface area contributed by atoms with Gasteiger partial charge in [-0.05, 0) is 19.8 Å². The summed E-state index contributed by atoms with van der Waals surface area (Å²) in [6, 6.07) is 0.215. The van der Waals surface area contributed by atoms with Crippen molar-refractivity contribution in [1.29, 1.82) is 0 Å². The van der Waals surface area contributed by atoms with Crippen LogP contribution in [0.1, 0.15) is 26.2 Å². The summed E-state index contributed by atoms with van der Waals surface area (Å²) in [7, 11) is 0. The summed E-state index contributed by atoms with van der Waals surface area (Å²) in [6.07, 6.45) is 3.10. The zero-order chi connectivity index (χ0) is 9.40. The van der Waals surface area contributed by atoms with E-state index < -0.39 is 5.91 Å². The molecule has 0 fully saturated rings. The van der Waals surface area contributed by atoms with Crippen LogP contribution in [0.5, 0.6) is 0 Å². The van der Waals surface area contributed by atoms with Crippen LogP contribution in [0.3, 0.4) is 0 Å². The number of hydrogen-bond acceptors (Lipinski definition) is 3. The molecule has 0 aromatic heterocycles. The van der Waals surface area contributed by atoms with Gasteiger partial charge in [0.1, 0.15) is 0 Å². The molecule has 0 aliphatic heterocycles. The molecule has 1 unspecified atom stereocenters. The summed E-state index contributed by atoms with van der Waals surface area (Å²) in [5.74, 6) is -0.546. The minimum absolute atomic E-state index is 0.215. The van der Waals surface area contributed by atoms with Crippen LogP contribution >= 0.6 is 0 Å². The van der Waals surface area contributed by atoms with Gasteiger partial charge in [0.25, 0.3) is 5.91 Å². The van der Waals surface area contributed by atoms with Gasteiger partial charge in [0, 0.05) is 12.6 Å². The van der Waals surface area contributed by atoms with E-state index in [1.165, 1.54) is 0 Å². The van der Waals surface area contributed by atoms with Gasteiger partial charge in [-0.15, -0.1) is 0 Å². The van der Waals surface area contributed by atoms with Gasteiger partial charge in [-0.3, -0.25) is 9.59 Å². The van der Waals surface area contributed by atoms with Crippen LogP contribution in [0.25, 0.3) is 0 Å². The summed E-state index contributed by atoms with van der Waals surface area (Å²) in [5, 5.41) is 2.46. The van der Waals surface area contributed by atoms with Gasteiger partial charge in [-0.1, -0.05) is 6.42 Å². The molecule has 70 valence electrons. The second-order valence-electron chi connectivity index (χ2n) is 2.88. The Balaban J connectivity index is 3.11. The predicted octanol–water partition coefficient (Wildman–Crippen LogP) is -0.181. The van der Waals surface area contributed by atoms with Gasteiger partial charge >= 0.3 is 0 Å². The van der Waals surface area contributed by atoms with Crippen molar-refractivity contribution in [2.24, 2.45) is 5.73 Å². The maximum atomic E-state index is 10.4. The Labute approximate surface area is 72.5 Å². The number of carbonyl (C=O) groups excluding carboxylic acids is 2. The quantitative estimate of drug-likeness (QED) is 0.331. The Morgan fingerprint density at radius 3 is 2.75 bits per heavy atom. The molecule has 12 heavy (non-hydrogen) atoms. The molecule has 0 aromatic rings. The number of aldehydes is 1. The Morgan fingerprint density at radius 2 is 2.25 bits per heavy atom. The number of nitrogens with one attached hydrogen (secondary N) is 1. The molecule has 0 rings (SSSR count). The minimum atomic E-state index is -0.546. The average molecular weight is 172 g/mol. The van der Waals surface area contributed by atoms with E-state index in [1.54, 1.807) is 0 Å². The Hall–Kier alpha value is -0.900. The SMILES string of the molecule is CC(N)CCCCNC(=O)C=O. The summed E-state index contributed by atoms with van der Waals surface area (Å²) in [4.78, 5) is 20.2. The fourth-order valence-corrected chi connectivity index (χ4v) is 0.845. The van der Waals surface area contributed by atoms with E-state index in [-0.39, 0.29) is 12.3 Å². The van der Waals surface area contributed by atoms with Gasteiger partial charge in [0.05, 0.1) is 0 Å². The van der Waals surface area contributed by atoms with Crippen molar-refractivity contribution in [3.63, 3.8) is 0 Å². The molecule has 0 saturated carbocycles. The molecule has 1 atom stereocenters.